The molecule has 0 spiro atoms. The van der Waals surface area contributed by atoms with Crippen LogP contribution in [0.15, 0.2) is 12.1 Å². The molecule has 112 valence electrons. The highest BCUT2D eigenvalue weighted by molar-refractivity contribution is 7.91. The molecule has 1 unspecified atom stereocenters. The second-order valence-corrected chi connectivity index (χ2v) is 9.07. The van der Waals surface area contributed by atoms with E-state index in [1.165, 1.54) is 11.3 Å². The first-order valence-corrected chi connectivity index (χ1v) is 9.28. The van der Waals surface area contributed by atoms with E-state index in [1.54, 1.807) is 0 Å². The standard InChI is InChI=1S/C12H17ClN2O3S2/c1-15(6-10-2-3-11(13)19-10)7-12(16)14-9-4-5-20(17,18)8-9/h2-3,9H,4-8H2,1H3,(H,14,16). The van der Waals surface area contributed by atoms with Crippen molar-refractivity contribution in [3.63, 3.8) is 0 Å². The molecular weight excluding hydrogens is 320 g/mol. The molecule has 0 radical (unpaired) electrons. The number of sulfone groups is 1. The first-order chi connectivity index (χ1) is 9.34. The lowest BCUT2D eigenvalue weighted by Gasteiger charge is -2.17. The first-order valence-electron chi connectivity index (χ1n) is 6.26. The van der Waals surface area contributed by atoms with Gasteiger partial charge in [-0.1, -0.05) is 11.6 Å². The average Bonchev–Trinajstić information content (AvgIpc) is 2.84. The number of amides is 1. The molecule has 0 bridgehead atoms. The summed E-state index contributed by atoms with van der Waals surface area (Å²) in [5, 5.41) is 2.77. The zero-order valence-electron chi connectivity index (χ0n) is 11.1. The van der Waals surface area contributed by atoms with E-state index in [-0.39, 0.29) is 30.0 Å². The normalized spacial score (nSPS) is 21.2. The zero-order valence-corrected chi connectivity index (χ0v) is 13.5. The van der Waals surface area contributed by atoms with Crippen LogP contribution in [0, 0.1) is 0 Å². The second kappa shape index (κ2) is 6.43. The minimum Gasteiger partial charge on any atom is -0.351 e. The Morgan fingerprint density at radius 2 is 2.30 bits per heavy atom. The molecule has 1 fully saturated rings. The summed E-state index contributed by atoms with van der Waals surface area (Å²) in [6.07, 6.45) is 0.512. The van der Waals surface area contributed by atoms with Gasteiger partial charge in [-0.2, -0.15) is 0 Å². The highest BCUT2D eigenvalue weighted by atomic mass is 35.5. The van der Waals surface area contributed by atoms with Crippen molar-refractivity contribution in [3.8, 4) is 0 Å². The molecule has 1 aliphatic heterocycles. The Morgan fingerprint density at radius 1 is 1.55 bits per heavy atom. The van der Waals surface area contributed by atoms with Gasteiger partial charge < -0.3 is 5.32 Å². The van der Waals surface area contributed by atoms with Gasteiger partial charge in [0.05, 0.1) is 22.4 Å². The van der Waals surface area contributed by atoms with Gasteiger partial charge in [0.2, 0.25) is 5.91 Å². The Labute approximate surface area is 127 Å². The number of nitrogens with one attached hydrogen (secondary N) is 1. The molecule has 1 atom stereocenters. The maximum absolute atomic E-state index is 11.8. The molecule has 8 heteroatoms. The quantitative estimate of drug-likeness (QED) is 0.875. The van der Waals surface area contributed by atoms with Crippen molar-refractivity contribution in [2.45, 2.75) is 19.0 Å². The maximum atomic E-state index is 11.8. The molecule has 2 rings (SSSR count). The van der Waals surface area contributed by atoms with Gasteiger partial charge in [-0.3, -0.25) is 9.69 Å². The van der Waals surface area contributed by atoms with Crippen LogP contribution >= 0.6 is 22.9 Å². The lowest BCUT2D eigenvalue weighted by molar-refractivity contribution is -0.122. The molecule has 0 aliphatic carbocycles. The van der Waals surface area contributed by atoms with Gasteiger partial charge in [0.15, 0.2) is 9.84 Å². The summed E-state index contributed by atoms with van der Waals surface area (Å²) in [6.45, 7) is 0.889. The lowest BCUT2D eigenvalue weighted by Crippen LogP contribution is -2.41. The number of likely N-dealkylation sites (N-methyl/N-ethyl adjacent to an activating group) is 1. The Hall–Kier alpha value is -0.630. The van der Waals surface area contributed by atoms with Gasteiger partial charge >= 0.3 is 0 Å². The third kappa shape index (κ3) is 4.73. The van der Waals surface area contributed by atoms with Crippen LogP contribution in [0.2, 0.25) is 4.34 Å². The van der Waals surface area contributed by atoms with Gasteiger partial charge in [0.1, 0.15) is 0 Å². The van der Waals surface area contributed by atoms with E-state index < -0.39 is 9.84 Å². The smallest absolute Gasteiger partial charge is 0.234 e. The highest BCUT2D eigenvalue weighted by Gasteiger charge is 2.28. The van der Waals surface area contributed by atoms with Crippen LogP contribution in [0.3, 0.4) is 0 Å². The number of carbonyl (C=O) groups excluding carboxylic acids is 1. The minimum absolute atomic E-state index is 0.0585. The monoisotopic (exact) mass is 336 g/mol. The predicted molar refractivity (Wildman–Crippen MR) is 80.9 cm³/mol. The number of thiophene rings is 1. The Kier molecular flexibility index (Phi) is 5.06. The van der Waals surface area contributed by atoms with Gasteiger partial charge in [0.25, 0.3) is 0 Å². The molecule has 1 N–H and O–H groups in total. The molecule has 5 nitrogen and oxygen atoms in total. The van der Waals surface area contributed by atoms with Crippen molar-refractivity contribution in [2.24, 2.45) is 0 Å². The zero-order chi connectivity index (χ0) is 14.8. The van der Waals surface area contributed by atoms with Crippen LogP contribution in [-0.4, -0.2) is 50.4 Å². The van der Waals surface area contributed by atoms with E-state index in [0.29, 0.717) is 13.0 Å². The Morgan fingerprint density at radius 3 is 2.85 bits per heavy atom. The van der Waals surface area contributed by atoms with E-state index in [9.17, 15) is 13.2 Å². The molecule has 2 heterocycles. The van der Waals surface area contributed by atoms with Crippen LogP contribution < -0.4 is 5.32 Å². The lowest BCUT2D eigenvalue weighted by atomic mass is 10.2. The topological polar surface area (TPSA) is 66.5 Å². The fraction of sp³-hybridized carbons (Fsp3) is 0.583. The first kappa shape index (κ1) is 15.8. The number of halogens is 1. The van der Waals surface area contributed by atoms with E-state index in [0.717, 1.165) is 9.21 Å². The number of nitrogens with zero attached hydrogens (tertiary/aromatic N) is 1. The molecule has 20 heavy (non-hydrogen) atoms. The van der Waals surface area contributed by atoms with Gasteiger partial charge in [-0.25, -0.2) is 8.42 Å². The van der Waals surface area contributed by atoms with Crippen molar-refractivity contribution >= 4 is 38.7 Å². The predicted octanol–water partition coefficient (Wildman–Crippen LogP) is 1.14. The highest BCUT2D eigenvalue weighted by Crippen LogP contribution is 2.22. The van der Waals surface area contributed by atoms with E-state index in [4.69, 9.17) is 11.6 Å². The number of carbonyl (C=O) groups is 1. The summed E-state index contributed by atoms with van der Waals surface area (Å²) < 4.78 is 23.4. The fourth-order valence-electron chi connectivity index (χ4n) is 2.19. The number of hydrogen-bond acceptors (Lipinski definition) is 5. The maximum Gasteiger partial charge on any atom is 0.234 e. The van der Waals surface area contributed by atoms with Crippen molar-refractivity contribution in [2.75, 3.05) is 25.1 Å². The average molecular weight is 337 g/mol. The number of hydrogen-bond donors (Lipinski definition) is 1. The summed E-state index contributed by atoms with van der Waals surface area (Å²) in [6, 6.07) is 3.53. The molecular formula is C12H17ClN2O3S2. The van der Waals surface area contributed by atoms with Crippen molar-refractivity contribution < 1.29 is 13.2 Å². The van der Waals surface area contributed by atoms with Gasteiger partial charge in [-0.05, 0) is 25.6 Å². The molecule has 0 aromatic carbocycles. The molecule has 0 saturated carbocycles. The summed E-state index contributed by atoms with van der Waals surface area (Å²) >= 11 is 7.34. The molecule has 1 aliphatic rings. The van der Waals surface area contributed by atoms with Crippen molar-refractivity contribution in [3.05, 3.63) is 21.3 Å². The van der Waals surface area contributed by atoms with Crippen LogP contribution in [0.5, 0.6) is 0 Å². The number of rotatable bonds is 5. The van der Waals surface area contributed by atoms with Crippen LogP contribution in [-0.2, 0) is 21.2 Å². The second-order valence-electron chi connectivity index (χ2n) is 5.05. The minimum atomic E-state index is -2.96. The summed E-state index contributed by atoms with van der Waals surface area (Å²) in [4.78, 5) is 14.8. The summed E-state index contributed by atoms with van der Waals surface area (Å²) in [5.74, 6) is 0.0852. The third-order valence-electron chi connectivity index (χ3n) is 3.07. The van der Waals surface area contributed by atoms with Crippen molar-refractivity contribution in [1.82, 2.24) is 10.2 Å². The third-order valence-corrected chi connectivity index (χ3v) is 6.05. The molecule has 1 aromatic heterocycles. The largest absolute Gasteiger partial charge is 0.351 e. The SMILES string of the molecule is CN(CC(=O)NC1CCS(=O)(=O)C1)Cc1ccc(Cl)s1. The van der Waals surface area contributed by atoms with E-state index >= 15 is 0 Å². The molecule has 1 aromatic rings. The van der Waals surface area contributed by atoms with Crippen LogP contribution in [0.1, 0.15) is 11.3 Å². The Bertz CT molecular complexity index is 585. The van der Waals surface area contributed by atoms with Gasteiger partial charge in [-0.15, -0.1) is 11.3 Å². The van der Waals surface area contributed by atoms with Crippen LogP contribution in [0.25, 0.3) is 0 Å². The van der Waals surface area contributed by atoms with E-state index in [1.807, 2.05) is 24.1 Å². The molecule has 1 amide bonds. The summed E-state index contributed by atoms with van der Waals surface area (Å²) in [5.41, 5.74) is 0. The summed E-state index contributed by atoms with van der Waals surface area (Å²) in [7, 11) is -1.11. The van der Waals surface area contributed by atoms with E-state index in [2.05, 4.69) is 5.32 Å². The Balaban J connectivity index is 1.77. The molecule has 1 saturated heterocycles. The van der Waals surface area contributed by atoms with Crippen LogP contribution in [0.4, 0.5) is 0 Å². The fourth-order valence-corrected chi connectivity index (χ4v) is 5.03. The van der Waals surface area contributed by atoms with Crippen molar-refractivity contribution in [1.29, 1.82) is 0 Å². The van der Waals surface area contributed by atoms with Gasteiger partial charge in [0, 0.05) is 17.5 Å².